The average molecular weight is 298 g/mol. The van der Waals surface area contributed by atoms with Crippen molar-refractivity contribution in [3.05, 3.63) is 40.5 Å². The van der Waals surface area contributed by atoms with Gasteiger partial charge in [0.25, 0.3) is 5.91 Å². The van der Waals surface area contributed by atoms with E-state index in [0.29, 0.717) is 5.01 Å². The topological polar surface area (TPSA) is 115 Å². The summed E-state index contributed by atoms with van der Waals surface area (Å²) in [7, 11) is -3.56. The summed E-state index contributed by atoms with van der Waals surface area (Å²) < 4.78 is 24.1. The van der Waals surface area contributed by atoms with Gasteiger partial charge in [0.1, 0.15) is 16.5 Å². The number of thiazole rings is 1. The zero-order valence-electron chi connectivity index (χ0n) is 9.61. The van der Waals surface area contributed by atoms with Gasteiger partial charge in [-0.2, -0.15) is 0 Å². The standard InChI is InChI=1S/C10H10N4O3S2/c11-14-10(15)7-5-18-8(13-7)6-19(16,17)9-3-1-2-4-12-9/h1-5H,6,11H2,(H,14,15). The summed E-state index contributed by atoms with van der Waals surface area (Å²) in [5.74, 6) is 4.11. The second-order valence-corrected chi connectivity index (χ2v) is 6.41. The molecule has 9 heteroatoms. The number of carbonyl (C=O) groups excluding carboxylic acids is 1. The molecule has 0 spiro atoms. The monoisotopic (exact) mass is 298 g/mol. The number of amides is 1. The minimum absolute atomic E-state index is 0.0185. The average Bonchev–Trinajstić information content (AvgIpc) is 2.86. The number of pyridine rings is 1. The maximum atomic E-state index is 12.0. The van der Waals surface area contributed by atoms with Crippen molar-refractivity contribution in [1.29, 1.82) is 0 Å². The molecule has 100 valence electrons. The van der Waals surface area contributed by atoms with Crippen molar-refractivity contribution in [1.82, 2.24) is 15.4 Å². The number of nitrogens with two attached hydrogens (primary N) is 1. The molecule has 0 aromatic carbocycles. The molecule has 0 unspecified atom stereocenters. The lowest BCUT2D eigenvalue weighted by atomic mass is 10.5. The molecular formula is C10H10N4O3S2. The van der Waals surface area contributed by atoms with E-state index in [1.807, 2.05) is 5.43 Å². The third kappa shape index (κ3) is 3.13. The van der Waals surface area contributed by atoms with E-state index in [4.69, 9.17) is 5.84 Å². The Balaban J connectivity index is 2.22. The number of rotatable bonds is 4. The van der Waals surface area contributed by atoms with Crippen LogP contribution >= 0.6 is 11.3 Å². The molecule has 2 heterocycles. The first-order chi connectivity index (χ1) is 9.03. The lowest BCUT2D eigenvalue weighted by molar-refractivity contribution is 0.0949. The van der Waals surface area contributed by atoms with Gasteiger partial charge in [0.15, 0.2) is 5.03 Å². The Morgan fingerprint density at radius 2 is 2.21 bits per heavy atom. The Bertz CT molecular complexity index is 682. The molecular weight excluding hydrogens is 288 g/mol. The Hall–Kier alpha value is -1.84. The second-order valence-electron chi connectivity index (χ2n) is 3.53. The van der Waals surface area contributed by atoms with Crippen LogP contribution in [0, 0.1) is 0 Å². The Morgan fingerprint density at radius 3 is 2.84 bits per heavy atom. The van der Waals surface area contributed by atoms with E-state index >= 15 is 0 Å². The molecule has 0 atom stereocenters. The maximum Gasteiger partial charge on any atom is 0.284 e. The van der Waals surface area contributed by atoms with E-state index in [2.05, 4.69) is 9.97 Å². The van der Waals surface area contributed by atoms with Crippen LogP contribution in [0.1, 0.15) is 15.5 Å². The van der Waals surface area contributed by atoms with E-state index in [9.17, 15) is 13.2 Å². The lowest BCUT2D eigenvalue weighted by Crippen LogP contribution is -2.30. The first-order valence-electron chi connectivity index (χ1n) is 5.12. The van der Waals surface area contributed by atoms with E-state index in [1.54, 1.807) is 12.1 Å². The first-order valence-corrected chi connectivity index (χ1v) is 7.65. The normalized spacial score (nSPS) is 11.2. The number of sulfone groups is 1. The molecule has 0 fully saturated rings. The number of hydrazine groups is 1. The number of hydrogen-bond acceptors (Lipinski definition) is 7. The fourth-order valence-corrected chi connectivity index (χ4v) is 3.66. The number of nitrogens with zero attached hydrogens (tertiary/aromatic N) is 2. The summed E-state index contributed by atoms with van der Waals surface area (Å²) in [5, 5.41) is 1.74. The van der Waals surface area contributed by atoms with Crippen LogP contribution in [0.2, 0.25) is 0 Å². The highest BCUT2D eigenvalue weighted by Crippen LogP contribution is 2.17. The Morgan fingerprint density at radius 1 is 1.42 bits per heavy atom. The summed E-state index contributed by atoms with van der Waals surface area (Å²) >= 11 is 1.08. The zero-order valence-corrected chi connectivity index (χ0v) is 11.2. The molecule has 0 bridgehead atoms. The third-order valence-electron chi connectivity index (χ3n) is 2.19. The Labute approximate surface area is 113 Å². The third-order valence-corrected chi connectivity index (χ3v) is 4.75. The smallest absolute Gasteiger partial charge is 0.284 e. The molecule has 3 N–H and O–H groups in total. The molecule has 1 amide bonds. The Kier molecular flexibility index (Phi) is 3.88. The van der Waals surface area contributed by atoms with Gasteiger partial charge < -0.3 is 0 Å². The van der Waals surface area contributed by atoms with E-state index in [0.717, 1.165) is 11.3 Å². The van der Waals surface area contributed by atoms with Crippen LogP contribution in [0.5, 0.6) is 0 Å². The fourth-order valence-electron chi connectivity index (χ4n) is 1.32. The predicted octanol–water partition coefficient (Wildman–Crippen LogP) is 0.115. The summed E-state index contributed by atoms with van der Waals surface area (Å²) in [6.07, 6.45) is 1.40. The van der Waals surface area contributed by atoms with Gasteiger partial charge in [-0.15, -0.1) is 11.3 Å². The van der Waals surface area contributed by atoms with Crippen LogP contribution < -0.4 is 11.3 Å². The van der Waals surface area contributed by atoms with Crippen LogP contribution in [0.3, 0.4) is 0 Å². The number of aromatic nitrogens is 2. The minimum atomic E-state index is -3.56. The van der Waals surface area contributed by atoms with Crippen molar-refractivity contribution in [2.45, 2.75) is 10.8 Å². The summed E-state index contributed by atoms with van der Waals surface area (Å²) in [6.45, 7) is 0. The number of carbonyl (C=O) groups is 1. The van der Waals surface area contributed by atoms with Crippen LogP contribution in [-0.4, -0.2) is 24.3 Å². The first kappa shape index (κ1) is 13.6. The molecule has 2 aromatic rings. The SMILES string of the molecule is NNC(=O)c1csc(CS(=O)(=O)c2ccccn2)n1. The largest absolute Gasteiger partial charge is 0.289 e. The van der Waals surface area contributed by atoms with Gasteiger partial charge in [0.2, 0.25) is 9.84 Å². The summed E-state index contributed by atoms with van der Waals surface area (Å²) in [6, 6.07) is 4.64. The van der Waals surface area contributed by atoms with Crippen LogP contribution in [0.4, 0.5) is 0 Å². The fraction of sp³-hybridized carbons (Fsp3) is 0.100. The molecule has 0 saturated carbocycles. The van der Waals surface area contributed by atoms with E-state index < -0.39 is 15.7 Å². The van der Waals surface area contributed by atoms with E-state index in [-0.39, 0.29) is 16.5 Å². The maximum absolute atomic E-state index is 12.0. The number of nitrogens with one attached hydrogen (secondary N) is 1. The van der Waals surface area contributed by atoms with Gasteiger partial charge in [-0.25, -0.2) is 24.2 Å². The molecule has 2 aromatic heterocycles. The molecule has 0 aliphatic carbocycles. The highest BCUT2D eigenvalue weighted by molar-refractivity contribution is 7.90. The van der Waals surface area contributed by atoms with Gasteiger partial charge in [-0.1, -0.05) is 6.07 Å². The lowest BCUT2D eigenvalue weighted by Gasteiger charge is -2.00. The van der Waals surface area contributed by atoms with Gasteiger partial charge >= 0.3 is 0 Å². The molecule has 2 rings (SSSR count). The molecule has 0 aliphatic rings. The molecule has 0 aliphatic heterocycles. The molecule has 0 radical (unpaired) electrons. The molecule has 7 nitrogen and oxygen atoms in total. The van der Waals surface area contributed by atoms with Crippen LogP contribution in [0.25, 0.3) is 0 Å². The van der Waals surface area contributed by atoms with Crippen molar-refractivity contribution >= 4 is 27.1 Å². The molecule has 19 heavy (non-hydrogen) atoms. The highest BCUT2D eigenvalue weighted by atomic mass is 32.2. The zero-order chi connectivity index (χ0) is 13.9. The van der Waals surface area contributed by atoms with Crippen LogP contribution in [-0.2, 0) is 15.6 Å². The van der Waals surface area contributed by atoms with Crippen molar-refractivity contribution < 1.29 is 13.2 Å². The number of nitrogen functional groups attached to an aromatic ring is 1. The van der Waals surface area contributed by atoms with Crippen molar-refractivity contribution in [3.63, 3.8) is 0 Å². The van der Waals surface area contributed by atoms with Crippen molar-refractivity contribution in [2.24, 2.45) is 5.84 Å². The van der Waals surface area contributed by atoms with Gasteiger partial charge in [-0.3, -0.25) is 10.2 Å². The van der Waals surface area contributed by atoms with E-state index in [1.165, 1.54) is 17.6 Å². The highest BCUT2D eigenvalue weighted by Gasteiger charge is 2.19. The quantitative estimate of drug-likeness (QED) is 0.470. The van der Waals surface area contributed by atoms with Gasteiger partial charge in [0, 0.05) is 11.6 Å². The summed E-state index contributed by atoms with van der Waals surface area (Å²) in [4.78, 5) is 18.9. The van der Waals surface area contributed by atoms with Gasteiger partial charge in [0.05, 0.1) is 0 Å². The number of hydrogen-bond donors (Lipinski definition) is 2. The minimum Gasteiger partial charge on any atom is -0.289 e. The van der Waals surface area contributed by atoms with Crippen molar-refractivity contribution in [2.75, 3.05) is 0 Å². The van der Waals surface area contributed by atoms with Crippen molar-refractivity contribution in [3.8, 4) is 0 Å². The molecule has 0 saturated heterocycles. The van der Waals surface area contributed by atoms with Crippen LogP contribution in [0.15, 0.2) is 34.8 Å². The predicted molar refractivity (Wildman–Crippen MR) is 68.9 cm³/mol. The summed E-state index contributed by atoms with van der Waals surface area (Å²) in [5.41, 5.74) is 2.03. The second kappa shape index (κ2) is 5.43. The van der Waals surface area contributed by atoms with Gasteiger partial charge in [-0.05, 0) is 12.1 Å².